The predicted octanol–water partition coefficient (Wildman–Crippen LogP) is 4.49. The number of rotatable bonds is 5. The molecule has 4 aromatic rings. The zero-order valence-corrected chi connectivity index (χ0v) is 21.4. The van der Waals surface area contributed by atoms with Crippen LogP contribution in [0.25, 0.3) is 28.2 Å². The van der Waals surface area contributed by atoms with Crippen molar-refractivity contribution in [2.45, 2.75) is 26.0 Å². The lowest BCUT2D eigenvalue weighted by molar-refractivity contribution is 0.0689. The first kappa shape index (κ1) is 25.0. The first-order chi connectivity index (χ1) is 18.0. The summed E-state index contributed by atoms with van der Waals surface area (Å²) in [5.74, 6) is -1.17. The number of hydrogen-bond donors (Lipinski definition) is 0. The molecular weight excluding hydrogens is 494 g/mol. The summed E-state index contributed by atoms with van der Waals surface area (Å²) in [4.78, 5) is 14.8. The molecule has 0 aliphatic carbocycles. The van der Waals surface area contributed by atoms with Crippen molar-refractivity contribution in [3.8, 4) is 45.8 Å². The number of benzene rings is 2. The van der Waals surface area contributed by atoms with Crippen LogP contribution >= 0.6 is 0 Å². The maximum absolute atomic E-state index is 14.3. The fourth-order valence-electron chi connectivity index (χ4n) is 4.32. The minimum absolute atomic E-state index is 0.0105. The second kappa shape index (κ2) is 8.99. The average Bonchev–Trinajstić information content (AvgIpc) is 3.50. The van der Waals surface area contributed by atoms with Crippen molar-refractivity contribution in [1.29, 1.82) is 5.26 Å². The topological polar surface area (TPSA) is 98.2 Å². The SMILES string of the molecule is COc1cc2c(cc1-c1ccn(C)n1)-c1c(c(C(=O)N(C)C(C)(C)C#N)nn1-c1cc(F)cc(F)c1)CO2. The van der Waals surface area contributed by atoms with Crippen molar-refractivity contribution in [3.05, 3.63) is 65.5 Å². The van der Waals surface area contributed by atoms with Crippen LogP contribution in [-0.4, -0.2) is 50.1 Å². The molecule has 0 saturated heterocycles. The van der Waals surface area contributed by atoms with Gasteiger partial charge >= 0.3 is 0 Å². The number of aryl methyl sites for hydroxylation is 1. The van der Waals surface area contributed by atoms with Gasteiger partial charge < -0.3 is 14.4 Å². The molecule has 0 spiro atoms. The van der Waals surface area contributed by atoms with Crippen LogP contribution in [0.4, 0.5) is 8.78 Å². The Morgan fingerprint density at radius 1 is 1.16 bits per heavy atom. The number of halogens is 2. The van der Waals surface area contributed by atoms with Gasteiger partial charge in [-0.15, -0.1) is 0 Å². The number of nitriles is 1. The Hall–Kier alpha value is -4.72. The van der Waals surface area contributed by atoms with Crippen molar-refractivity contribution < 1.29 is 23.0 Å². The fraction of sp³-hybridized carbons (Fsp3) is 0.259. The smallest absolute Gasteiger partial charge is 0.275 e. The molecule has 2 aromatic carbocycles. The molecule has 194 valence electrons. The zero-order valence-electron chi connectivity index (χ0n) is 21.4. The molecule has 5 rings (SSSR count). The molecule has 0 saturated carbocycles. The molecule has 0 unspecified atom stereocenters. The molecule has 3 heterocycles. The molecule has 0 bridgehead atoms. The van der Waals surface area contributed by atoms with Gasteiger partial charge in [0.05, 0.1) is 30.3 Å². The molecule has 0 N–H and O–H groups in total. The van der Waals surface area contributed by atoms with E-state index in [1.54, 1.807) is 43.9 Å². The minimum atomic E-state index is -1.13. The van der Waals surface area contributed by atoms with E-state index >= 15 is 0 Å². The third-order valence-corrected chi connectivity index (χ3v) is 6.61. The molecule has 1 aliphatic rings. The van der Waals surface area contributed by atoms with Gasteiger partial charge in [-0.25, -0.2) is 13.5 Å². The summed E-state index contributed by atoms with van der Waals surface area (Å²) in [5, 5.41) is 18.6. The number of methoxy groups -OCH3 is 1. The van der Waals surface area contributed by atoms with Crippen LogP contribution in [0.2, 0.25) is 0 Å². The molecular formula is C27H24F2N6O3. The largest absolute Gasteiger partial charge is 0.496 e. The monoisotopic (exact) mass is 518 g/mol. The first-order valence-corrected chi connectivity index (χ1v) is 11.7. The van der Waals surface area contributed by atoms with Gasteiger partial charge in [-0.05, 0) is 38.1 Å². The second-order valence-corrected chi connectivity index (χ2v) is 9.46. The van der Waals surface area contributed by atoms with Crippen molar-refractivity contribution in [2.75, 3.05) is 14.2 Å². The molecule has 11 heteroatoms. The predicted molar refractivity (Wildman–Crippen MR) is 134 cm³/mol. The summed E-state index contributed by atoms with van der Waals surface area (Å²) >= 11 is 0. The van der Waals surface area contributed by atoms with Gasteiger partial charge in [0, 0.05) is 49.1 Å². The van der Waals surface area contributed by atoms with Gasteiger partial charge in [0.1, 0.15) is 35.3 Å². The summed E-state index contributed by atoms with van der Waals surface area (Å²) in [6.45, 7) is 3.18. The van der Waals surface area contributed by atoms with Crippen molar-refractivity contribution >= 4 is 5.91 Å². The van der Waals surface area contributed by atoms with E-state index in [2.05, 4.69) is 16.3 Å². The number of ether oxygens (including phenoxy) is 2. The summed E-state index contributed by atoms with van der Waals surface area (Å²) in [6, 6.07) is 10.4. The van der Waals surface area contributed by atoms with Crippen LogP contribution in [0.1, 0.15) is 29.9 Å². The van der Waals surface area contributed by atoms with Crippen LogP contribution in [0.15, 0.2) is 42.6 Å². The Morgan fingerprint density at radius 3 is 2.47 bits per heavy atom. The van der Waals surface area contributed by atoms with Gasteiger partial charge in [-0.3, -0.25) is 9.48 Å². The highest BCUT2D eigenvalue weighted by Gasteiger charge is 2.36. The zero-order chi connectivity index (χ0) is 27.4. The Labute approximate surface area is 217 Å². The maximum Gasteiger partial charge on any atom is 0.275 e. The fourth-order valence-corrected chi connectivity index (χ4v) is 4.32. The van der Waals surface area contributed by atoms with Crippen LogP contribution in [-0.2, 0) is 13.7 Å². The van der Waals surface area contributed by atoms with Crippen LogP contribution < -0.4 is 9.47 Å². The second-order valence-electron chi connectivity index (χ2n) is 9.46. The van der Waals surface area contributed by atoms with Crippen LogP contribution in [0, 0.1) is 23.0 Å². The van der Waals surface area contributed by atoms with E-state index in [-0.39, 0.29) is 18.0 Å². The molecule has 0 fully saturated rings. The lowest BCUT2D eigenvalue weighted by Crippen LogP contribution is -2.44. The van der Waals surface area contributed by atoms with Gasteiger partial charge in [-0.2, -0.15) is 15.5 Å². The Bertz CT molecular complexity index is 1610. The quantitative estimate of drug-likeness (QED) is 0.386. The van der Waals surface area contributed by atoms with Gasteiger partial charge in [0.25, 0.3) is 5.91 Å². The third-order valence-electron chi connectivity index (χ3n) is 6.61. The number of amides is 1. The highest BCUT2D eigenvalue weighted by atomic mass is 19.1. The van der Waals surface area contributed by atoms with Gasteiger partial charge in [0.2, 0.25) is 0 Å². The van der Waals surface area contributed by atoms with Gasteiger partial charge in [-0.1, -0.05) is 0 Å². The van der Waals surface area contributed by atoms with Crippen LogP contribution in [0.5, 0.6) is 11.5 Å². The standard InChI is InChI=1S/C27H24F2N6O3/c1-27(2,14-30)34(4)26(36)24-20-13-38-23-12-22(37-5)18(21-6-7-33(3)31-21)11-19(23)25(20)35(32-24)17-9-15(28)8-16(29)10-17/h6-12H,13H2,1-5H3. The number of hydrogen-bond acceptors (Lipinski definition) is 6. The first-order valence-electron chi connectivity index (χ1n) is 11.7. The summed E-state index contributed by atoms with van der Waals surface area (Å²) < 4.78 is 43.2. The molecule has 0 atom stereocenters. The lowest BCUT2D eigenvalue weighted by atomic mass is 9.97. The number of aromatic nitrogens is 4. The molecule has 2 aromatic heterocycles. The molecule has 0 radical (unpaired) electrons. The highest BCUT2D eigenvalue weighted by molar-refractivity contribution is 5.97. The molecule has 9 nitrogen and oxygen atoms in total. The average molecular weight is 519 g/mol. The number of carbonyl (C=O) groups is 1. The van der Waals surface area contributed by atoms with Crippen molar-refractivity contribution in [2.24, 2.45) is 7.05 Å². The number of carbonyl (C=O) groups excluding carboxylic acids is 1. The van der Waals surface area contributed by atoms with E-state index in [0.29, 0.717) is 39.6 Å². The number of fused-ring (bicyclic) bond motifs is 3. The Kier molecular flexibility index (Phi) is 5.90. The normalized spacial score (nSPS) is 12.3. The third kappa shape index (κ3) is 4.04. The number of nitrogens with zero attached hydrogens (tertiary/aromatic N) is 6. The van der Waals surface area contributed by atoms with E-state index in [1.165, 1.54) is 23.7 Å². The van der Waals surface area contributed by atoms with E-state index in [0.717, 1.165) is 18.2 Å². The Morgan fingerprint density at radius 2 is 1.87 bits per heavy atom. The van der Waals surface area contributed by atoms with E-state index < -0.39 is 23.1 Å². The van der Waals surface area contributed by atoms with Crippen LogP contribution in [0.3, 0.4) is 0 Å². The van der Waals surface area contributed by atoms with Crippen molar-refractivity contribution in [1.82, 2.24) is 24.5 Å². The maximum atomic E-state index is 14.3. The summed E-state index contributed by atoms with van der Waals surface area (Å²) in [5.41, 5.74) is 1.63. The summed E-state index contributed by atoms with van der Waals surface area (Å²) in [6.07, 6.45) is 1.79. The van der Waals surface area contributed by atoms with Crippen molar-refractivity contribution in [3.63, 3.8) is 0 Å². The molecule has 1 aliphatic heterocycles. The van der Waals surface area contributed by atoms with E-state index in [9.17, 15) is 18.8 Å². The highest BCUT2D eigenvalue weighted by Crippen LogP contribution is 2.46. The summed E-state index contributed by atoms with van der Waals surface area (Å²) in [7, 11) is 4.83. The Balaban J connectivity index is 1.79. The minimum Gasteiger partial charge on any atom is -0.496 e. The lowest BCUT2D eigenvalue weighted by Gasteiger charge is -2.29. The van der Waals surface area contributed by atoms with Gasteiger partial charge in [0.15, 0.2) is 5.69 Å². The molecule has 38 heavy (non-hydrogen) atoms. The van der Waals surface area contributed by atoms with E-state index in [4.69, 9.17) is 9.47 Å². The molecule has 1 amide bonds. The van der Waals surface area contributed by atoms with E-state index in [1.807, 2.05) is 6.07 Å².